The van der Waals surface area contributed by atoms with E-state index >= 15 is 0 Å². The zero-order valence-corrected chi connectivity index (χ0v) is 18.7. The van der Waals surface area contributed by atoms with E-state index in [4.69, 9.17) is 13.6 Å². The lowest BCUT2D eigenvalue weighted by molar-refractivity contribution is -0.154. The molecule has 0 aliphatic rings. The van der Waals surface area contributed by atoms with E-state index in [1.807, 2.05) is 0 Å². The maximum Gasteiger partial charge on any atom is 0.308 e. The lowest BCUT2D eigenvalue weighted by Gasteiger charge is -2.19. The number of ether oxygens (including phenoxy) is 2. The van der Waals surface area contributed by atoms with E-state index in [0.29, 0.717) is 22.0 Å². The number of benzene rings is 1. The summed E-state index contributed by atoms with van der Waals surface area (Å²) < 4.78 is 32.3. The second-order valence-corrected chi connectivity index (χ2v) is 8.18. The van der Waals surface area contributed by atoms with E-state index in [1.165, 1.54) is 19.3 Å². The molecule has 2 heterocycles. The van der Waals surface area contributed by atoms with Gasteiger partial charge in [-0.3, -0.25) is 19.5 Å². The Kier molecular flexibility index (Phi) is 5.78. The van der Waals surface area contributed by atoms with Crippen LogP contribution in [-0.2, 0) is 9.53 Å². The third kappa shape index (κ3) is 5.65. The Labute approximate surface area is 195 Å². The van der Waals surface area contributed by atoms with Crippen LogP contribution in [0.3, 0.4) is 0 Å². The zero-order valence-electron chi connectivity index (χ0n) is 21.7. The average Bonchev–Trinajstić information content (AvgIpc) is 3.19. The highest BCUT2D eigenvalue weighted by atomic mass is 16.6. The topological polar surface area (TPSA) is 135 Å². The summed E-state index contributed by atoms with van der Waals surface area (Å²) >= 11 is 0. The molecule has 1 aromatic carbocycles. The molecule has 0 saturated carbocycles. The smallest absolute Gasteiger partial charge is 0.308 e. The first kappa shape index (κ1) is 19.7. The first-order valence-electron chi connectivity index (χ1n) is 11.7. The molecule has 33 heavy (non-hydrogen) atoms. The van der Waals surface area contributed by atoms with Gasteiger partial charge in [0.25, 0.3) is 11.8 Å². The van der Waals surface area contributed by atoms with E-state index in [1.54, 1.807) is 39.0 Å². The molecule has 2 amide bonds. The van der Waals surface area contributed by atoms with Crippen molar-refractivity contribution >= 4 is 28.7 Å². The minimum absolute atomic E-state index is 0.0342. The Bertz CT molecular complexity index is 1300. The van der Waals surface area contributed by atoms with Crippen LogP contribution in [0.25, 0.3) is 22.0 Å². The molecule has 3 rings (SSSR count). The van der Waals surface area contributed by atoms with Crippen LogP contribution in [0, 0.1) is 0 Å². The summed E-state index contributed by atoms with van der Waals surface area (Å²) in [6.07, 6.45) is 1.30. The summed E-state index contributed by atoms with van der Waals surface area (Å²) in [5.74, 6) is -1.88. The molecule has 10 heteroatoms. The Morgan fingerprint density at radius 2 is 1.94 bits per heavy atom. The molecule has 0 saturated heterocycles. The van der Waals surface area contributed by atoms with Crippen LogP contribution < -0.4 is 15.4 Å². The molecule has 10 nitrogen and oxygen atoms in total. The number of rotatable bonds is 7. The predicted octanol–water partition coefficient (Wildman–Crippen LogP) is 2.45. The second-order valence-electron chi connectivity index (χ2n) is 8.18. The lowest BCUT2D eigenvalue weighted by atomic mass is 10.0. The fraction of sp³-hybridized carbons (Fsp3) is 0.348. The van der Waals surface area contributed by atoms with Gasteiger partial charge in [-0.15, -0.1) is 0 Å². The van der Waals surface area contributed by atoms with Crippen LogP contribution in [0.1, 0.15) is 52.2 Å². The van der Waals surface area contributed by atoms with Crippen molar-refractivity contribution in [2.75, 3.05) is 20.6 Å². The fourth-order valence-corrected chi connectivity index (χ4v) is 3.11. The molecule has 0 aliphatic heterocycles. The number of amides is 2. The highest BCUT2D eigenvalue weighted by molar-refractivity contribution is 6.05. The summed E-state index contributed by atoms with van der Waals surface area (Å²) in [6.45, 7) is 5.17. The molecule has 2 aromatic heterocycles. The van der Waals surface area contributed by atoms with Crippen molar-refractivity contribution in [3.05, 3.63) is 41.7 Å². The number of carbonyl (C=O) groups is 3. The largest absolute Gasteiger partial charge is 0.480 e. The number of esters is 1. The van der Waals surface area contributed by atoms with Crippen LogP contribution in [0.2, 0.25) is 0 Å². The number of hydrogen-bond donors (Lipinski definition) is 3. The van der Waals surface area contributed by atoms with Crippen LogP contribution in [0.15, 0.2) is 30.5 Å². The van der Waals surface area contributed by atoms with Crippen molar-refractivity contribution < 1.29 is 28.0 Å². The minimum atomic E-state index is -2.83. The first-order chi connectivity index (χ1) is 16.8. The summed E-state index contributed by atoms with van der Waals surface area (Å²) in [4.78, 5) is 40.9. The second kappa shape index (κ2) is 9.68. The minimum Gasteiger partial charge on any atom is -0.480 e. The number of pyridine rings is 1. The summed E-state index contributed by atoms with van der Waals surface area (Å²) in [6, 6.07) is 6.58. The van der Waals surface area contributed by atoms with Gasteiger partial charge in [-0.2, -0.15) is 5.10 Å². The van der Waals surface area contributed by atoms with E-state index in [0.717, 1.165) is 0 Å². The van der Waals surface area contributed by atoms with Crippen LogP contribution in [0.5, 0.6) is 5.88 Å². The van der Waals surface area contributed by atoms with Crippen molar-refractivity contribution in [1.29, 1.82) is 0 Å². The molecule has 3 aromatic rings. The van der Waals surface area contributed by atoms with Crippen molar-refractivity contribution in [1.82, 2.24) is 25.8 Å². The van der Waals surface area contributed by atoms with Gasteiger partial charge in [0, 0.05) is 30.7 Å². The number of H-pyrrole nitrogens is 1. The normalized spacial score (nSPS) is 12.9. The van der Waals surface area contributed by atoms with Crippen LogP contribution >= 0.6 is 0 Å². The molecule has 0 aliphatic carbocycles. The lowest BCUT2D eigenvalue weighted by Crippen LogP contribution is -2.30. The number of aromatic nitrogens is 3. The molecule has 174 valence electrons. The number of hydrogen-bond acceptors (Lipinski definition) is 7. The molecule has 0 unspecified atom stereocenters. The zero-order chi connectivity index (χ0) is 26.7. The third-order valence-corrected chi connectivity index (χ3v) is 4.57. The molecule has 0 radical (unpaired) electrons. The number of nitrogens with one attached hydrogen (secondary N) is 3. The van der Waals surface area contributed by atoms with Crippen molar-refractivity contribution in [3.63, 3.8) is 0 Å². The van der Waals surface area contributed by atoms with Gasteiger partial charge < -0.3 is 20.1 Å². The van der Waals surface area contributed by atoms with E-state index in [9.17, 15) is 14.4 Å². The van der Waals surface area contributed by atoms with Gasteiger partial charge in [-0.25, -0.2) is 4.98 Å². The average molecular weight is 457 g/mol. The standard InChI is InChI=1S/C23H27N5O5/c1-23(2,3)33-18(29)8-9-25-20(30)16-10-14(12-26-22(16)32-5)13-6-7-15-17(11-13)27-28-19(15)21(31)24-4/h6-7,10-12H,8-9H2,1-5H3,(H,24,31)(H,25,30)(H,27,28)/i5D3. The summed E-state index contributed by atoms with van der Waals surface area (Å²) in [5.41, 5.74) is 1.16. The number of fused-ring (bicyclic) bond motifs is 1. The predicted molar refractivity (Wildman–Crippen MR) is 122 cm³/mol. The third-order valence-electron chi connectivity index (χ3n) is 4.57. The Hall–Kier alpha value is -3.95. The van der Waals surface area contributed by atoms with Crippen molar-refractivity contribution in [2.24, 2.45) is 0 Å². The van der Waals surface area contributed by atoms with Crippen molar-refractivity contribution in [3.8, 4) is 17.0 Å². The van der Waals surface area contributed by atoms with Gasteiger partial charge in [0.2, 0.25) is 5.88 Å². The molecule has 0 atom stereocenters. The molecular weight excluding hydrogens is 426 g/mol. The highest BCUT2D eigenvalue weighted by Gasteiger charge is 2.19. The Balaban J connectivity index is 1.88. The van der Waals surface area contributed by atoms with E-state index < -0.39 is 24.5 Å². The fourth-order valence-electron chi connectivity index (χ4n) is 3.11. The van der Waals surface area contributed by atoms with Gasteiger partial charge in [-0.05, 0) is 44.5 Å². The Morgan fingerprint density at radius 3 is 2.64 bits per heavy atom. The molecule has 0 fully saturated rings. The maximum absolute atomic E-state index is 12.9. The van der Waals surface area contributed by atoms with E-state index in [2.05, 4.69) is 25.8 Å². The Morgan fingerprint density at radius 1 is 1.15 bits per heavy atom. The highest BCUT2D eigenvalue weighted by Crippen LogP contribution is 2.28. The number of nitrogens with zero attached hydrogens (tertiary/aromatic N) is 2. The number of aromatic amines is 1. The monoisotopic (exact) mass is 456 g/mol. The molecule has 0 spiro atoms. The van der Waals surface area contributed by atoms with Crippen LogP contribution in [-0.4, -0.2) is 59.2 Å². The molecule has 0 bridgehead atoms. The van der Waals surface area contributed by atoms with E-state index in [-0.39, 0.29) is 36.0 Å². The maximum atomic E-state index is 12.9. The molecular formula is C23H27N5O5. The van der Waals surface area contributed by atoms with Crippen LogP contribution in [0.4, 0.5) is 0 Å². The van der Waals surface area contributed by atoms with Gasteiger partial charge in [0.1, 0.15) is 11.2 Å². The quantitative estimate of drug-likeness (QED) is 0.465. The van der Waals surface area contributed by atoms with Gasteiger partial charge >= 0.3 is 5.97 Å². The number of methoxy groups -OCH3 is 1. The molecule has 3 N–H and O–H groups in total. The van der Waals surface area contributed by atoms with Gasteiger partial charge in [0.15, 0.2) is 5.69 Å². The number of carbonyl (C=O) groups excluding carboxylic acids is 3. The summed E-state index contributed by atoms with van der Waals surface area (Å²) in [7, 11) is -1.32. The van der Waals surface area contributed by atoms with Crippen molar-refractivity contribution in [2.45, 2.75) is 32.8 Å². The van der Waals surface area contributed by atoms with Gasteiger partial charge in [0.05, 0.1) is 23.1 Å². The first-order valence-corrected chi connectivity index (χ1v) is 10.2. The SMILES string of the molecule is [2H]C([2H])([2H])Oc1ncc(-c2ccc3c(C(=O)NC)n[nH]c3c2)cc1C(=O)NCCC(=O)OC(C)(C)C. The summed E-state index contributed by atoms with van der Waals surface area (Å²) in [5, 5.41) is 12.5. The van der Waals surface area contributed by atoms with Gasteiger partial charge in [-0.1, -0.05) is 6.07 Å².